The van der Waals surface area contributed by atoms with Crippen LogP contribution in [0.1, 0.15) is 20.3 Å². The minimum absolute atomic E-state index is 0.0493. The van der Waals surface area contributed by atoms with Crippen LogP contribution >= 0.6 is 11.8 Å². The van der Waals surface area contributed by atoms with E-state index in [2.05, 4.69) is 10.3 Å². The lowest BCUT2D eigenvalue weighted by molar-refractivity contribution is -0.113. The number of fused-ring (bicyclic) bond motifs is 1. The number of carbonyl (C=O) groups is 1. The van der Waals surface area contributed by atoms with Gasteiger partial charge in [0.25, 0.3) is 5.56 Å². The molecular formula is C22H23F2N3O3S. The van der Waals surface area contributed by atoms with Gasteiger partial charge in [0.05, 0.1) is 22.8 Å². The van der Waals surface area contributed by atoms with Crippen molar-refractivity contribution in [3.05, 3.63) is 64.5 Å². The van der Waals surface area contributed by atoms with Crippen molar-refractivity contribution in [1.29, 1.82) is 0 Å². The Hall–Kier alpha value is -2.78. The van der Waals surface area contributed by atoms with Gasteiger partial charge < -0.3 is 10.1 Å². The second kappa shape index (κ2) is 10.5. The minimum atomic E-state index is -1.04. The Morgan fingerprint density at radius 2 is 1.97 bits per heavy atom. The van der Waals surface area contributed by atoms with Crippen LogP contribution in [-0.2, 0) is 16.1 Å². The van der Waals surface area contributed by atoms with E-state index in [9.17, 15) is 18.4 Å². The van der Waals surface area contributed by atoms with Crippen LogP contribution < -0.4 is 10.9 Å². The van der Waals surface area contributed by atoms with Crippen molar-refractivity contribution < 1.29 is 18.3 Å². The summed E-state index contributed by atoms with van der Waals surface area (Å²) in [6, 6.07) is 10.2. The maximum atomic E-state index is 13.3. The highest BCUT2D eigenvalue weighted by molar-refractivity contribution is 7.99. The largest absolute Gasteiger partial charge is 0.379 e. The first-order valence-electron chi connectivity index (χ1n) is 9.84. The topological polar surface area (TPSA) is 73.2 Å². The van der Waals surface area contributed by atoms with Gasteiger partial charge in [0.2, 0.25) is 5.91 Å². The van der Waals surface area contributed by atoms with E-state index in [0.717, 1.165) is 23.9 Å². The predicted octanol–water partition coefficient (Wildman–Crippen LogP) is 4.22. The Balaban J connectivity index is 1.75. The molecule has 0 bridgehead atoms. The molecule has 9 heteroatoms. The van der Waals surface area contributed by atoms with E-state index >= 15 is 0 Å². The van der Waals surface area contributed by atoms with Gasteiger partial charge in [-0.15, -0.1) is 0 Å². The number of ether oxygens (including phenoxy) is 1. The fourth-order valence-corrected chi connectivity index (χ4v) is 3.72. The normalized spacial score (nSPS) is 11.3. The van der Waals surface area contributed by atoms with Crippen LogP contribution in [0, 0.1) is 11.6 Å². The number of carbonyl (C=O) groups excluding carboxylic acids is 1. The van der Waals surface area contributed by atoms with Crippen LogP contribution in [0.15, 0.2) is 52.4 Å². The minimum Gasteiger partial charge on any atom is -0.379 e. The van der Waals surface area contributed by atoms with Gasteiger partial charge in [0, 0.05) is 24.9 Å². The van der Waals surface area contributed by atoms with Crippen molar-refractivity contribution in [2.75, 3.05) is 17.7 Å². The predicted molar refractivity (Wildman–Crippen MR) is 117 cm³/mol. The van der Waals surface area contributed by atoms with Crippen molar-refractivity contribution in [3.8, 4) is 0 Å². The Kier molecular flexibility index (Phi) is 7.75. The van der Waals surface area contributed by atoms with Gasteiger partial charge in [-0.05, 0) is 44.5 Å². The van der Waals surface area contributed by atoms with Gasteiger partial charge in [-0.2, -0.15) is 0 Å². The molecule has 0 spiro atoms. The molecule has 3 rings (SSSR count). The average molecular weight is 448 g/mol. The zero-order chi connectivity index (χ0) is 22.4. The third-order valence-electron chi connectivity index (χ3n) is 4.34. The summed E-state index contributed by atoms with van der Waals surface area (Å²) in [5.74, 6) is -2.50. The van der Waals surface area contributed by atoms with Crippen molar-refractivity contribution in [2.45, 2.75) is 38.1 Å². The fourth-order valence-electron chi connectivity index (χ4n) is 2.90. The summed E-state index contributed by atoms with van der Waals surface area (Å²) < 4.78 is 33.5. The highest BCUT2D eigenvalue weighted by Gasteiger charge is 2.14. The summed E-state index contributed by atoms with van der Waals surface area (Å²) in [4.78, 5) is 29.8. The van der Waals surface area contributed by atoms with Crippen molar-refractivity contribution in [1.82, 2.24) is 9.55 Å². The third-order valence-corrected chi connectivity index (χ3v) is 5.32. The standard InChI is InChI=1S/C22H23F2N3O3S/c1-14(2)30-11-5-10-27-21(29)16-6-3-4-7-19(16)26-22(27)31-13-20(28)25-15-8-9-17(23)18(24)12-15/h3-4,6-9,12,14H,5,10-11,13H2,1-2H3,(H,25,28). The number of thioether (sulfide) groups is 1. The molecule has 2 aromatic carbocycles. The zero-order valence-corrected chi connectivity index (χ0v) is 18.0. The van der Waals surface area contributed by atoms with E-state index in [-0.39, 0.29) is 23.1 Å². The molecule has 0 unspecified atom stereocenters. The summed E-state index contributed by atoms with van der Waals surface area (Å²) >= 11 is 1.11. The smallest absolute Gasteiger partial charge is 0.262 e. The zero-order valence-electron chi connectivity index (χ0n) is 17.2. The molecule has 0 aliphatic heterocycles. The maximum Gasteiger partial charge on any atom is 0.262 e. The molecule has 0 radical (unpaired) electrons. The van der Waals surface area contributed by atoms with E-state index in [1.807, 2.05) is 13.8 Å². The first-order valence-corrected chi connectivity index (χ1v) is 10.8. The lowest BCUT2D eigenvalue weighted by Crippen LogP contribution is -2.25. The maximum absolute atomic E-state index is 13.3. The Morgan fingerprint density at radius 1 is 1.19 bits per heavy atom. The van der Waals surface area contributed by atoms with Gasteiger partial charge in [0.15, 0.2) is 16.8 Å². The molecule has 0 atom stereocenters. The summed E-state index contributed by atoms with van der Waals surface area (Å²) in [5, 5.41) is 3.43. The lowest BCUT2D eigenvalue weighted by atomic mass is 10.2. The molecule has 0 fully saturated rings. The lowest BCUT2D eigenvalue weighted by Gasteiger charge is -2.14. The van der Waals surface area contributed by atoms with E-state index in [0.29, 0.717) is 35.6 Å². The first kappa shape index (κ1) is 22.9. The monoisotopic (exact) mass is 447 g/mol. The molecule has 1 aromatic heterocycles. The number of anilines is 1. The average Bonchev–Trinajstić information content (AvgIpc) is 2.73. The number of rotatable bonds is 9. The van der Waals surface area contributed by atoms with Gasteiger partial charge in [0.1, 0.15) is 0 Å². The van der Waals surface area contributed by atoms with Crippen LogP contribution in [0.5, 0.6) is 0 Å². The first-order chi connectivity index (χ1) is 14.8. The Labute approximate surface area is 182 Å². The van der Waals surface area contributed by atoms with Crippen LogP contribution in [0.4, 0.5) is 14.5 Å². The molecular weight excluding hydrogens is 424 g/mol. The van der Waals surface area contributed by atoms with Crippen LogP contribution in [0.25, 0.3) is 10.9 Å². The summed E-state index contributed by atoms with van der Waals surface area (Å²) in [6.07, 6.45) is 0.715. The fraction of sp³-hybridized carbons (Fsp3) is 0.318. The number of aromatic nitrogens is 2. The Bertz CT molecular complexity index is 1130. The number of amides is 1. The molecule has 1 N–H and O–H groups in total. The second-order valence-electron chi connectivity index (χ2n) is 7.11. The number of benzene rings is 2. The van der Waals surface area contributed by atoms with E-state index in [1.165, 1.54) is 6.07 Å². The molecule has 0 saturated heterocycles. The van der Waals surface area contributed by atoms with Gasteiger partial charge in [-0.1, -0.05) is 23.9 Å². The summed E-state index contributed by atoms with van der Waals surface area (Å²) in [6.45, 7) is 4.78. The van der Waals surface area contributed by atoms with E-state index in [4.69, 9.17) is 4.74 Å². The van der Waals surface area contributed by atoms with Crippen molar-refractivity contribution in [3.63, 3.8) is 0 Å². The molecule has 0 aliphatic rings. The van der Waals surface area contributed by atoms with Gasteiger partial charge in [-0.3, -0.25) is 14.2 Å². The second-order valence-corrected chi connectivity index (χ2v) is 8.05. The summed E-state index contributed by atoms with van der Waals surface area (Å²) in [5.41, 5.74) is 0.517. The SMILES string of the molecule is CC(C)OCCCn1c(SCC(=O)Nc2ccc(F)c(F)c2)nc2ccccc2c1=O. The molecule has 3 aromatic rings. The highest BCUT2D eigenvalue weighted by atomic mass is 32.2. The molecule has 0 saturated carbocycles. The molecule has 0 aliphatic carbocycles. The van der Waals surface area contributed by atoms with Crippen LogP contribution in [0.3, 0.4) is 0 Å². The number of nitrogens with one attached hydrogen (secondary N) is 1. The van der Waals surface area contributed by atoms with E-state index < -0.39 is 17.5 Å². The number of hydrogen-bond donors (Lipinski definition) is 1. The van der Waals surface area contributed by atoms with Crippen molar-refractivity contribution in [2.24, 2.45) is 0 Å². The van der Waals surface area contributed by atoms with Crippen molar-refractivity contribution >= 4 is 34.3 Å². The van der Waals surface area contributed by atoms with Gasteiger partial charge >= 0.3 is 0 Å². The number of para-hydroxylation sites is 1. The van der Waals surface area contributed by atoms with Gasteiger partial charge in [-0.25, -0.2) is 13.8 Å². The number of halogens is 2. The summed E-state index contributed by atoms with van der Waals surface area (Å²) in [7, 11) is 0. The van der Waals surface area contributed by atoms with Crippen LogP contribution in [0.2, 0.25) is 0 Å². The number of hydrogen-bond acceptors (Lipinski definition) is 5. The molecule has 164 valence electrons. The molecule has 31 heavy (non-hydrogen) atoms. The van der Waals surface area contributed by atoms with E-state index in [1.54, 1.807) is 28.8 Å². The molecule has 1 amide bonds. The third kappa shape index (κ3) is 6.11. The Morgan fingerprint density at radius 3 is 2.71 bits per heavy atom. The quantitative estimate of drug-likeness (QED) is 0.302. The highest BCUT2D eigenvalue weighted by Crippen LogP contribution is 2.19. The number of nitrogens with zero attached hydrogens (tertiary/aromatic N) is 2. The van der Waals surface area contributed by atoms with Crippen LogP contribution in [-0.4, -0.2) is 33.9 Å². The molecule has 1 heterocycles. The molecule has 6 nitrogen and oxygen atoms in total.